The van der Waals surface area contributed by atoms with Gasteiger partial charge in [0.15, 0.2) is 0 Å². The number of carbonyl (C=O) groups is 2. The molecule has 0 saturated carbocycles. The minimum atomic E-state index is 0.0956. The topological polar surface area (TPSA) is 43.9 Å². The second-order valence-corrected chi connectivity index (χ2v) is 7.58. The fourth-order valence-electron chi connectivity index (χ4n) is 4.59. The first-order valence-corrected chi connectivity index (χ1v) is 9.76. The first-order chi connectivity index (χ1) is 13.2. The highest BCUT2D eigenvalue weighted by Gasteiger charge is 2.33. The minimum Gasteiger partial charge on any atom is -0.368 e. The van der Waals surface area contributed by atoms with Crippen LogP contribution in [-0.4, -0.2) is 49.4 Å². The van der Waals surface area contributed by atoms with Crippen molar-refractivity contribution in [2.24, 2.45) is 0 Å². The van der Waals surface area contributed by atoms with Gasteiger partial charge in [-0.1, -0.05) is 18.2 Å². The highest BCUT2D eigenvalue weighted by Crippen LogP contribution is 2.37. The Morgan fingerprint density at radius 3 is 2.41 bits per heavy atom. The second kappa shape index (κ2) is 6.41. The van der Waals surface area contributed by atoms with E-state index in [0.717, 1.165) is 67.9 Å². The summed E-state index contributed by atoms with van der Waals surface area (Å²) in [6, 6.07) is 14.3. The van der Waals surface area contributed by atoms with Crippen LogP contribution in [0.2, 0.25) is 0 Å². The van der Waals surface area contributed by atoms with E-state index in [1.165, 1.54) is 5.69 Å². The van der Waals surface area contributed by atoms with E-state index >= 15 is 0 Å². The maximum absolute atomic E-state index is 13.1. The van der Waals surface area contributed by atoms with Gasteiger partial charge in [-0.05, 0) is 48.2 Å². The average molecular weight is 361 g/mol. The molecule has 2 aromatic carbocycles. The van der Waals surface area contributed by atoms with Gasteiger partial charge < -0.3 is 14.7 Å². The van der Waals surface area contributed by atoms with Crippen LogP contribution < -0.4 is 9.80 Å². The van der Waals surface area contributed by atoms with E-state index in [9.17, 15) is 9.59 Å². The molecule has 0 aromatic heterocycles. The number of benzene rings is 2. The Hall–Kier alpha value is -2.82. The van der Waals surface area contributed by atoms with Gasteiger partial charge in [-0.2, -0.15) is 0 Å². The summed E-state index contributed by atoms with van der Waals surface area (Å²) >= 11 is 0. The molecule has 5 rings (SSSR count). The van der Waals surface area contributed by atoms with E-state index in [2.05, 4.69) is 17.0 Å². The van der Waals surface area contributed by atoms with Crippen LogP contribution in [0.5, 0.6) is 0 Å². The van der Waals surface area contributed by atoms with Crippen molar-refractivity contribution in [2.45, 2.75) is 19.3 Å². The van der Waals surface area contributed by atoms with E-state index in [1.807, 2.05) is 40.1 Å². The Bertz CT molecular complexity index is 901. The number of nitrogens with zero attached hydrogens (tertiary/aromatic N) is 3. The van der Waals surface area contributed by atoms with Gasteiger partial charge >= 0.3 is 0 Å². The van der Waals surface area contributed by atoms with E-state index in [1.54, 1.807) is 0 Å². The largest absolute Gasteiger partial charge is 0.368 e. The van der Waals surface area contributed by atoms with Crippen molar-refractivity contribution < 1.29 is 9.59 Å². The smallest absolute Gasteiger partial charge is 0.253 e. The van der Waals surface area contributed by atoms with E-state index < -0.39 is 0 Å². The molecular formula is C22H23N3O2. The van der Waals surface area contributed by atoms with Crippen molar-refractivity contribution in [3.05, 3.63) is 59.2 Å². The molecule has 0 atom stereocenters. The maximum Gasteiger partial charge on any atom is 0.253 e. The van der Waals surface area contributed by atoms with Crippen LogP contribution in [0, 0.1) is 0 Å². The van der Waals surface area contributed by atoms with Crippen LogP contribution >= 0.6 is 0 Å². The molecule has 27 heavy (non-hydrogen) atoms. The lowest BCUT2D eigenvalue weighted by Crippen LogP contribution is -2.48. The summed E-state index contributed by atoms with van der Waals surface area (Å²) in [6.45, 7) is 3.96. The number of carbonyl (C=O) groups excluding carboxylic acids is 2. The normalized spacial score (nSPS) is 18.7. The monoisotopic (exact) mass is 361 g/mol. The van der Waals surface area contributed by atoms with Gasteiger partial charge in [-0.15, -0.1) is 0 Å². The molecule has 2 aromatic rings. The average Bonchev–Trinajstić information content (AvgIpc) is 3.05. The third-order valence-electron chi connectivity index (χ3n) is 5.94. The molecule has 138 valence electrons. The van der Waals surface area contributed by atoms with E-state index in [4.69, 9.17) is 0 Å². The number of hydrogen-bond acceptors (Lipinski definition) is 3. The van der Waals surface area contributed by atoms with E-state index in [-0.39, 0.29) is 11.8 Å². The Labute approximate surface area is 159 Å². The molecule has 2 amide bonds. The van der Waals surface area contributed by atoms with Gasteiger partial charge in [0.2, 0.25) is 5.91 Å². The van der Waals surface area contributed by atoms with Crippen molar-refractivity contribution in [1.82, 2.24) is 4.90 Å². The molecule has 0 unspecified atom stereocenters. The van der Waals surface area contributed by atoms with Gasteiger partial charge in [-0.25, -0.2) is 0 Å². The van der Waals surface area contributed by atoms with Crippen LogP contribution in [0.4, 0.5) is 11.4 Å². The third kappa shape index (κ3) is 2.78. The van der Waals surface area contributed by atoms with Gasteiger partial charge in [-0.3, -0.25) is 9.59 Å². The zero-order chi connectivity index (χ0) is 18.4. The first kappa shape index (κ1) is 16.4. The number of para-hydroxylation sites is 1. The van der Waals surface area contributed by atoms with Crippen LogP contribution in [0.1, 0.15) is 27.9 Å². The number of aryl methyl sites for hydroxylation is 1. The SMILES string of the molecule is O=C(c1cc2c3c(c1)CC(=O)N3CCC2)N1CCN(c2ccccc2)CC1. The molecule has 0 bridgehead atoms. The summed E-state index contributed by atoms with van der Waals surface area (Å²) in [4.78, 5) is 31.5. The summed E-state index contributed by atoms with van der Waals surface area (Å²) in [5, 5.41) is 0. The Morgan fingerprint density at radius 1 is 0.889 bits per heavy atom. The standard InChI is InChI=1S/C22H23N3O2/c26-20-15-17-14-18(13-16-5-4-8-25(20)21(16)17)22(27)24-11-9-23(10-12-24)19-6-2-1-3-7-19/h1-3,6-7,13-14H,4-5,8-12,15H2. The van der Waals surface area contributed by atoms with Crippen molar-refractivity contribution in [3.8, 4) is 0 Å². The van der Waals surface area contributed by atoms with Gasteiger partial charge in [0.05, 0.1) is 12.1 Å². The van der Waals surface area contributed by atoms with Crippen LogP contribution in [-0.2, 0) is 17.6 Å². The summed E-state index contributed by atoms with van der Waals surface area (Å²) in [5.41, 5.74) is 5.23. The quantitative estimate of drug-likeness (QED) is 0.825. The molecule has 3 aliphatic heterocycles. The molecule has 0 spiro atoms. The fraction of sp³-hybridized carbons (Fsp3) is 0.364. The van der Waals surface area contributed by atoms with Crippen LogP contribution in [0.3, 0.4) is 0 Å². The van der Waals surface area contributed by atoms with Crippen LogP contribution in [0.25, 0.3) is 0 Å². The number of amides is 2. The van der Waals surface area contributed by atoms with Crippen molar-refractivity contribution >= 4 is 23.2 Å². The lowest BCUT2D eigenvalue weighted by Gasteiger charge is -2.36. The third-order valence-corrected chi connectivity index (χ3v) is 5.94. The van der Waals surface area contributed by atoms with Crippen molar-refractivity contribution in [1.29, 1.82) is 0 Å². The molecule has 0 aliphatic carbocycles. The maximum atomic E-state index is 13.1. The predicted molar refractivity (Wildman–Crippen MR) is 105 cm³/mol. The second-order valence-electron chi connectivity index (χ2n) is 7.58. The fourth-order valence-corrected chi connectivity index (χ4v) is 4.59. The minimum absolute atomic E-state index is 0.0956. The van der Waals surface area contributed by atoms with E-state index in [0.29, 0.717) is 6.42 Å². The molecular weight excluding hydrogens is 338 g/mol. The molecule has 3 aliphatic rings. The summed E-state index contributed by atoms with van der Waals surface area (Å²) < 4.78 is 0. The molecule has 0 radical (unpaired) electrons. The molecule has 5 nitrogen and oxygen atoms in total. The highest BCUT2D eigenvalue weighted by molar-refractivity contribution is 6.04. The molecule has 1 fully saturated rings. The molecule has 0 N–H and O–H groups in total. The number of anilines is 2. The zero-order valence-electron chi connectivity index (χ0n) is 15.4. The summed E-state index contributed by atoms with van der Waals surface area (Å²) in [7, 11) is 0. The molecule has 5 heteroatoms. The molecule has 1 saturated heterocycles. The summed E-state index contributed by atoms with van der Waals surface area (Å²) in [5.74, 6) is 0.269. The van der Waals surface area contributed by atoms with Gasteiger partial charge in [0.25, 0.3) is 5.91 Å². The number of hydrogen-bond donors (Lipinski definition) is 0. The van der Waals surface area contributed by atoms with Gasteiger partial charge in [0, 0.05) is 44.0 Å². The van der Waals surface area contributed by atoms with Gasteiger partial charge in [0.1, 0.15) is 0 Å². The predicted octanol–water partition coefficient (Wildman–Crippen LogP) is 2.48. The Kier molecular flexibility index (Phi) is 3.88. The Balaban J connectivity index is 1.34. The lowest BCUT2D eigenvalue weighted by atomic mass is 9.96. The van der Waals surface area contributed by atoms with Crippen molar-refractivity contribution in [2.75, 3.05) is 42.5 Å². The zero-order valence-corrected chi connectivity index (χ0v) is 15.4. The molecule has 3 heterocycles. The first-order valence-electron chi connectivity index (χ1n) is 9.76. The van der Waals surface area contributed by atoms with Crippen LogP contribution in [0.15, 0.2) is 42.5 Å². The Morgan fingerprint density at radius 2 is 1.63 bits per heavy atom. The lowest BCUT2D eigenvalue weighted by molar-refractivity contribution is -0.117. The summed E-state index contributed by atoms with van der Waals surface area (Å²) in [6.07, 6.45) is 2.37. The van der Waals surface area contributed by atoms with Crippen molar-refractivity contribution in [3.63, 3.8) is 0 Å². The highest BCUT2D eigenvalue weighted by atomic mass is 16.2. The number of piperazine rings is 1. The number of rotatable bonds is 2.